The molecule has 2 aromatic rings. The minimum absolute atomic E-state index is 0. The van der Waals surface area contributed by atoms with Gasteiger partial charge in [0.2, 0.25) is 0 Å². The van der Waals surface area contributed by atoms with Gasteiger partial charge in [-0.25, -0.2) is 0 Å². The van der Waals surface area contributed by atoms with Gasteiger partial charge in [-0.2, -0.15) is 16.8 Å². The van der Waals surface area contributed by atoms with Gasteiger partial charge >= 0.3 is 0 Å². The molecule has 17 heteroatoms. The number of benzene rings is 2. The van der Waals surface area contributed by atoms with Crippen molar-refractivity contribution in [2.24, 2.45) is 11.5 Å². The second-order valence-electron chi connectivity index (χ2n) is 7.65. The van der Waals surface area contributed by atoms with Crippen molar-refractivity contribution in [1.29, 1.82) is 10.8 Å². The molecule has 0 saturated heterocycles. The van der Waals surface area contributed by atoms with E-state index >= 15 is 0 Å². The first-order chi connectivity index (χ1) is 18.2. The van der Waals surface area contributed by atoms with E-state index in [1.807, 2.05) is 24.3 Å². The summed E-state index contributed by atoms with van der Waals surface area (Å²) in [7, 11) is -7.85. The second-order valence-corrected chi connectivity index (χ2v) is 10.8. The predicted octanol–water partition coefficient (Wildman–Crippen LogP) is 0.616. The van der Waals surface area contributed by atoms with Gasteiger partial charge in [0.25, 0.3) is 20.2 Å². The fourth-order valence-corrected chi connectivity index (χ4v) is 2.91. The number of amidine groups is 2. The average Bonchev–Trinajstić information content (AvgIpc) is 2.83. The zero-order chi connectivity index (χ0) is 29.9. The third-order valence-electron chi connectivity index (χ3n) is 4.36. The van der Waals surface area contributed by atoms with Gasteiger partial charge in [0.05, 0.1) is 37.9 Å². The Hall–Kier alpha value is -2.09. The fourth-order valence-electron chi connectivity index (χ4n) is 2.45. The number of nitrogens with two attached hydrogens (primary N) is 2. The van der Waals surface area contributed by atoms with E-state index in [0.29, 0.717) is 24.3 Å². The zero-order valence-corrected chi connectivity index (χ0v) is 27.0. The molecule has 0 aromatic heterocycles. The molecule has 40 heavy (non-hydrogen) atoms. The molecular weight excluding hydrogens is 695 g/mol. The van der Waals surface area contributed by atoms with Crippen molar-refractivity contribution >= 4 is 31.9 Å². The molecule has 14 nitrogen and oxygen atoms in total. The molecule has 0 fully saturated rings. The second kappa shape index (κ2) is 21.6. The van der Waals surface area contributed by atoms with E-state index in [4.69, 9.17) is 51.1 Å². The van der Waals surface area contributed by atoms with E-state index in [1.54, 1.807) is 24.3 Å². The summed E-state index contributed by atoms with van der Waals surface area (Å²) >= 11 is 0. The first kappa shape index (κ1) is 40.1. The van der Waals surface area contributed by atoms with Crippen molar-refractivity contribution in [3.8, 4) is 11.5 Å². The maximum atomic E-state index is 9.63. The van der Waals surface area contributed by atoms with Crippen LogP contribution in [0.5, 0.6) is 11.5 Å². The summed E-state index contributed by atoms with van der Waals surface area (Å²) in [5.41, 5.74) is 12.2. The van der Waals surface area contributed by atoms with Gasteiger partial charge in [-0.05, 0) is 67.8 Å². The van der Waals surface area contributed by atoms with Crippen molar-refractivity contribution < 1.29 is 81.2 Å². The van der Waals surface area contributed by atoms with Crippen molar-refractivity contribution in [3.05, 3.63) is 59.7 Å². The van der Waals surface area contributed by atoms with Crippen LogP contribution in [0.2, 0.25) is 0 Å². The van der Waals surface area contributed by atoms with Crippen LogP contribution in [0.25, 0.3) is 0 Å². The van der Waals surface area contributed by atoms with E-state index in [9.17, 15) is 16.8 Å². The largest absolute Gasteiger partial charge is 0.494 e. The minimum atomic E-state index is -3.92. The zero-order valence-electron chi connectivity index (χ0n) is 21.8. The first-order valence-corrected chi connectivity index (χ1v) is 14.7. The van der Waals surface area contributed by atoms with E-state index < -0.39 is 45.0 Å². The summed E-state index contributed by atoms with van der Waals surface area (Å²) in [5.74, 6) is 0.531. The van der Waals surface area contributed by atoms with E-state index in [-0.39, 0.29) is 47.3 Å². The Morgan fingerprint density at radius 3 is 1.15 bits per heavy atom. The Morgan fingerprint density at radius 2 is 0.950 bits per heavy atom. The molecule has 2 aromatic carbocycles. The summed E-state index contributed by atoms with van der Waals surface area (Å²) in [5, 5.41) is 30.4. The van der Waals surface area contributed by atoms with E-state index in [2.05, 4.69) is 0 Å². The van der Waals surface area contributed by atoms with Crippen molar-refractivity contribution in [3.63, 3.8) is 0 Å². The molecule has 0 saturated carbocycles. The normalized spacial score (nSPS) is 10.5. The van der Waals surface area contributed by atoms with E-state index in [1.165, 1.54) is 0 Å². The SMILES string of the molecule is N=C(N)c1ccc(OCCCCCOc2ccc(C(=N)N)cc2)cc1.O=S(=O)(O)CCO.O=S(=O)(O)CCO.[La]. The van der Waals surface area contributed by atoms with Crippen LogP contribution in [-0.2, 0) is 20.2 Å². The van der Waals surface area contributed by atoms with Crippen LogP contribution in [0, 0.1) is 46.4 Å². The van der Waals surface area contributed by atoms with Crippen molar-refractivity contribution in [2.45, 2.75) is 19.3 Å². The minimum Gasteiger partial charge on any atom is -0.494 e. The summed E-state index contributed by atoms with van der Waals surface area (Å²) < 4.78 is 65.5. The number of hydrogen-bond donors (Lipinski definition) is 8. The molecule has 2 rings (SSSR count). The Labute approximate surface area is 262 Å². The number of rotatable bonds is 14. The van der Waals surface area contributed by atoms with Crippen LogP contribution in [0.4, 0.5) is 0 Å². The molecule has 10 N–H and O–H groups in total. The number of ether oxygens (including phenoxy) is 2. The van der Waals surface area contributed by atoms with Crippen molar-refractivity contribution in [2.75, 3.05) is 37.9 Å². The molecule has 0 unspecified atom stereocenters. The van der Waals surface area contributed by atoms with Crippen LogP contribution >= 0.6 is 0 Å². The predicted molar refractivity (Wildman–Crippen MR) is 147 cm³/mol. The molecular formula is C23H36LaN4O10S2. The standard InChI is InChI=1S/C19H24N4O2.2C2H6O4S.La/c20-18(21)14-4-8-16(9-5-14)24-12-2-1-3-13-25-17-10-6-15(7-11-17)19(22)23;2*3-1-2-7(4,5)6;/h4-11H,1-3,12-13H2,(H3,20,21)(H3,22,23);2*3H,1-2H2,(H,4,5,6);. The maximum Gasteiger partial charge on any atom is 0.267 e. The quantitative estimate of drug-likeness (QED) is 0.0575. The average molecular weight is 732 g/mol. The molecule has 0 aliphatic heterocycles. The first-order valence-electron chi connectivity index (χ1n) is 11.4. The summed E-state index contributed by atoms with van der Waals surface area (Å²) in [6.07, 6.45) is 2.90. The molecule has 0 bridgehead atoms. The van der Waals surface area contributed by atoms with Gasteiger partial charge in [-0.15, -0.1) is 0 Å². The smallest absolute Gasteiger partial charge is 0.267 e. The molecule has 223 valence electrons. The number of aliphatic hydroxyl groups excluding tert-OH is 2. The molecule has 0 heterocycles. The van der Waals surface area contributed by atoms with Gasteiger partial charge in [-0.1, -0.05) is 0 Å². The van der Waals surface area contributed by atoms with Gasteiger partial charge in [-0.3, -0.25) is 19.9 Å². The van der Waals surface area contributed by atoms with Gasteiger partial charge in [0.15, 0.2) is 0 Å². The number of aliphatic hydroxyl groups is 2. The molecule has 0 spiro atoms. The van der Waals surface area contributed by atoms with Gasteiger partial charge < -0.3 is 31.2 Å². The molecule has 1 radical (unpaired) electrons. The Morgan fingerprint density at radius 1 is 0.650 bits per heavy atom. The fraction of sp³-hybridized carbons (Fsp3) is 0.391. The summed E-state index contributed by atoms with van der Waals surface area (Å²) in [6, 6.07) is 14.4. The monoisotopic (exact) mass is 731 g/mol. The third kappa shape index (κ3) is 22.7. The number of unbranched alkanes of at least 4 members (excludes halogenated alkanes) is 2. The molecule has 0 aliphatic carbocycles. The Bertz CT molecular complexity index is 1120. The van der Waals surface area contributed by atoms with Crippen LogP contribution in [0.3, 0.4) is 0 Å². The van der Waals surface area contributed by atoms with Crippen LogP contribution < -0.4 is 20.9 Å². The van der Waals surface area contributed by atoms with Gasteiger partial charge in [0.1, 0.15) is 23.2 Å². The topological polar surface area (TPSA) is 267 Å². The number of hydrogen-bond acceptors (Lipinski definition) is 10. The van der Waals surface area contributed by atoms with Gasteiger partial charge in [0, 0.05) is 46.7 Å². The summed E-state index contributed by atoms with van der Waals surface area (Å²) in [4.78, 5) is 0. The molecule has 0 aliphatic rings. The van der Waals surface area contributed by atoms with Crippen molar-refractivity contribution in [1.82, 2.24) is 0 Å². The molecule has 0 amide bonds. The number of nitrogen functional groups attached to an aromatic ring is 2. The third-order valence-corrected chi connectivity index (χ3v) is 5.75. The Kier molecular flexibility index (Phi) is 21.7. The van der Waals surface area contributed by atoms with E-state index in [0.717, 1.165) is 30.8 Å². The van der Waals surface area contributed by atoms with Crippen LogP contribution in [0.15, 0.2) is 48.5 Å². The van der Waals surface area contributed by atoms with Crippen LogP contribution in [0.1, 0.15) is 30.4 Å². The molecule has 0 atom stereocenters. The van der Waals surface area contributed by atoms with Crippen LogP contribution in [-0.4, -0.2) is 85.8 Å². The summed E-state index contributed by atoms with van der Waals surface area (Å²) in [6.45, 7) is 0.233. The number of nitrogens with one attached hydrogen (secondary N) is 2. The maximum absolute atomic E-state index is 9.63. The Balaban J connectivity index is 0.